The van der Waals surface area contributed by atoms with Crippen LogP contribution in [-0.4, -0.2) is 53.1 Å². The van der Waals surface area contributed by atoms with Gasteiger partial charge >= 0.3 is 6.03 Å². The summed E-state index contributed by atoms with van der Waals surface area (Å²) in [4.78, 5) is 26.4. The van der Waals surface area contributed by atoms with Crippen LogP contribution in [0.5, 0.6) is 0 Å². The smallest absolute Gasteiger partial charge is 0.320 e. The zero-order valence-corrected chi connectivity index (χ0v) is 12.8. The first-order chi connectivity index (χ1) is 10.6. The number of nitrogens with one attached hydrogen (secondary N) is 2. The minimum atomic E-state index is -0.302. The van der Waals surface area contributed by atoms with Crippen molar-refractivity contribution < 1.29 is 4.79 Å². The first kappa shape index (κ1) is 15.7. The number of hydrogen-bond acceptors (Lipinski definition) is 5. The van der Waals surface area contributed by atoms with Crippen molar-refractivity contribution in [3.63, 3.8) is 0 Å². The van der Waals surface area contributed by atoms with Gasteiger partial charge in [0.15, 0.2) is 5.65 Å². The number of anilines is 1. The van der Waals surface area contributed by atoms with Gasteiger partial charge in [-0.2, -0.15) is 0 Å². The molecule has 0 aliphatic rings. The average Bonchev–Trinajstić information content (AvgIpc) is 2.46. The third-order valence-electron chi connectivity index (χ3n) is 2.60. The summed E-state index contributed by atoms with van der Waals surface area (Å²) in [5.41, 5.74) is 1.66. The predicted octanol–water partition coefficient (Wildman–Crippen LogP) is 1.08. The number of pyridine rings is 1. The quantitative estimate of drug-likeness (QED) is 0.829. The van der Waals surface area contributed by atoms with Gasteiger partial charge in [-0.3, -0.25) is 10.2 Å². The number of aromatic nitrogens is 3. The molecule has 2 rings (SSSR count). The Hall–Kier alpha value is -2.72. The Balaban J connectivity index is 2.22. The Morgan fingerprint density at radius 1 is 1.32 bits per heavy atom. The molecule has 0 bridgehead atoms. The molecule has 0 saturated carbocycles. The van der Waals surface area contributed by atoms with E-state index in [1.165, 1.54) is 0 Å². The number of amides is 2. The topological polar surface area (TPSA) is 83.0 Å². The molecule has 0 atom stereocenters. The van der Waals surface area contributed by atoms with Crippen LogP contribution in [0.3, 0.4) is 0 Å². The first-order valence-electron chi connectivity index (χ1n) is 6.90. The largest absolute Gasteiger partial charge is 0.338 e. The van der Waals surface area contributed by atoms with Crippen molar-refractivity contribution in [2.24, 2.45) is 0 Å². The summed E-state index contributed by atoms with van der Waals surface area (Å²) in [6, 6.07) is 3.14. The number of hydrogen-bond donors (Lipinski definition) is 2. The van der Waals surface area contributed by atoms with Crippen LogP contribution < -0.4 is 10.6 Å². The van der Waals surface area contributed by atoms with Gasteiger partial charge in [0.05, 0.1) is 12.7 Å². The average molecular weight is 298 g/mol. The van der Waals surface area contributed by atoms with Crippen molar-refractivity contribution in [1.82, 2.24) is 25.2 Å². The van der Waals surface area contributed by atoms with Crippen LogP contribution in [0.4, 0.5) is 10.6 Å². The normalized spacial score (nSPS) is 10.2. The molecular formula is C15H18N6O. The fourth-order valence-electron chi connectivity index (χ4n) is 1.64. The molecule has 7 nitrogen and oxygen atoms in total. The van der Waals surface area contributed by atoms with E-state index in [4.69, 9.17) is 0 Å². The van der Waals surface area contributed by atoms with Gasteiger partial charge in [-0.25, -0.2) is 19.7 Å². The van der Waals surface area contributed by atoms with Crippen LogP contribution >= 0.6 is 0 Å². The monoisotopic (exact) mass is 298 g/mol. The molecule has 114 valence electrons. The predicted molar refractivity (Wildman–Crippen MR) is 85.5 cm³/mol. The number of nitrogens with zero attached hydrogens (tertiary/aromatic N) is 4. The lowest BCUT2D eigenvalue weighted by Crippen LogP contribution is -2.28. The molecule has 0 unspecified atom stereocenters. The van der Waals surface area contributed by atoms with Crippen molar-refractivity contribution in [2.75, 3.05) is 32.5 Å². The molecule has 2 aromatic heterocycles. The highest BCUT2D eigenvalue weighted by Gasteiger charge is 2.04. The fraction of sp³-hybridized carbons (Fsp3) is 0.333. The molecule has 2 N–H and O–H groups in total. The minimum Gasteiger partial charge on any atom is -0.338 e. The summed E-state index contributed by atoms with van der Waals surface area (Å²) in [6.07, 6.45) is 1.61. The highest BCUT2D eigenvalue weighted by Crippen LogP contribution is 2.11. The maximum atomic E-state index is 11.5. The highest BCUT2D eigenvalue weighted by molar-refractivity contribution is 5.89. The summed E-state index contributed by atoms with van der Waals surface area (Å²) in [7, 11) is 3.89. The van der Waals surface area contributed by atoms with Gasteiger partial charge in [0.1, 0.15) is 17.0 Å². The molecule has 0 fully saturated rings. The fourth-order valence-corrected chi connectivity index (χ4v) is 1.64. The molecule has 2 aromatic rings. The summed E-state index contributed by atoms with van der Waals surface area (Å²) in [5, 5.41) is 5.28. The molecule has 22 heavy (non-hydrogen) atoms. The number of carbonyl (C=O) groups is 1. The number of urea groups is 1. The molecular weight excluding hydrogens is 280 g/mol. The Bertz CT molecular complexity index is 732. The van der Waals surface area contributed by atoms with Gasteiger partial charge in [-0.15, -0.1) is 0 Å². The lowest BCUT2D eigenvalue weighted by molar-refractivity contribution is 0.252. The first-order valence-corrected chi connectivity index (χ1v) is 6.90. The van der Waals surface area contributed by atoms with E-state index >= 15 is 0 Å². The zero-order chi connectivity index (χ0) is 15.9. The van der Waals surface area contributed by atoms with Crippen LogP contribution in [0.15, 0.2) is 18.3 Å². The maximum absolute atomic E-state index is 11.5. The maximum Gasteiger partial charge on any atom is 0.320 e. The second-order valence-corrected chi connectivity index (χ2v) is 4.82. The summed E-state index contributed by atoms with van der Waals surface area (Å²) in [6.45, 7) is 3.04. The molecule has 0 aliphatic carbocycles. The van der Waals surface area contributed by atoms with Gasteiger partial charge in [0.25, 0.3) is 0 Å². The van der Waals surface area contributed by atoms with E-state index in [0.717, 1.165) is 0 Å². The van der Waals surface area contributed by atoms with Gasteiger partial charge < -0.3 is 5.32 Å². The highest BCUT2D eigenvalue weighted by atomic mass is 16.2. The molecule has 0 aliphatic heterocycles. The van der Waals surface area contributed by atoms with E-state index < -0.39 is 0 Å². The van der Waals surface area contributed by atoms with Crippen molar-refractivity contribution in [1.29, 1.82) is 0 Å². The summed E-state index contributed by atoms with van der Waals surface area (Å²) < 4.78 is 0. The molecule has 0 spiro atoms. The Morgan fingerprint density at radius 3 is 2.86 bits per heavy atom. The van der Waals surface area contributed by atoms with Crippen LogP contribution in [0.25, 0.3) is 11.2 Å². The lowest BCUT2D eigenvalue weighted by Gasteiger charge is -2.05. The van der Waals surface area contributed by atoms with Crippen LogP contribution in [0, 0.1) is 11.8 Å². The van der Waals surface area contributed by atoms with E-state index in [1.807, 2.05) is 25.9 Å². The van der Waals surface area contributed by atoms with E-state index in [0.29, 0.717) is 35.8 Å². The lowest BCUT2D eigenvalue weighted by atomic mass is 10.3. The Morgan fingerprint density at radius 2 is 2.14 bits per heavy atom. The second-order valence-electron chi connectivity index (χ2n) is 4.82. The molecule has 2 heterocycles. The van der Waals surface area contributed by atoms with Crippen LogP contribution in [-0.2, 0) is 0 Å². The zero-order valence-electron chi connectivity index (χ0n) is 12.8. The Kier molecular flexibility index (Phi) is 5.22. The van der Waals surface area contributed by atoms with Gasteiger partial charge in [0, 0.05) is 6.54 Å². The standard InChI is InChI=1S/C15H18N6O/c1-4-16-15(22)20-13-8-7-12-14(19-13)18-11(10-17-12)6-5-9-21(2)3/h7-8,10H,4,9H2,1-3H3,(H2,16,18,19,20,22). The minimum absolute atomic E-state index is 0.302. The molecule has 2 amide bonds. The van der Waals surface area contributed by atoms with Crippen molar-refractivity contribution in [2.45, 2.75) is 6.92 Å². The SMILES string of the molecule is CCNC(=O)Nc1ccc2ncc(C#CCN(C)C)nc2n1. The van der Waals surface area contributed by atoms with E-state index in [9.17, 15) is 4.79 Å². The van der Waals surface area contributed by atoms with Crippen molar-refractivity contribution in [3.05, 3.63) is 24.0 Å². The van der Waals surface area contributed by atoms with E-state index in [1.54, 1.807) is 18.3 Å². The van der Waals surface area contributed by atoms with E-state index in [2.05, 4.69) is 37.4 Å². The third-order valence-corrected chi connectivity index (χ3v) is 2.60. The van der Waals surface area contributed by atoms with Gasteiger partial charge in [-0.1, -0.05) is 5.92 Å². The summed E-state index contributed by atoms with van der Waals surface area (Å²) >= 11 is 0. The summed E-state index contributed by atoms with van der Waals surface area (Å²) in [5.74, 6) is 6.36. The molecule has 0 saturated heterocycles. The van der Waals surface area contributed by atoms with Crippen LogP contribution in [0.2, 0.25) is 0 Å². The molecule has 0 radical (unpaired) electrons. The van der Waals surface area contributed by atoms with Crippen molar-refractivity contribution in [3.8, 4) is 11.8 Å². The number of carbonyl (C=O) groups excluding carboxylic acids is 1. The van der Waals surface area contributed by atoms with Gasteiger partial charge in [-0.05, 0) is 39.1 Å². The number of fused-ring (bicyclic) bond motifs is 1. The van der Waals surface area contributed by atoms with E-state index in [-0.39, 0.29) is 6.03 Å². The van der Waals surface area contributed by atoms with Gasteiger partial charge in [0.2, 0.25) is 0 Å². The molecule has 0 aromatic carbocycles. The number of rotatable bonds is 3. The Labute approximate surface area is 129 Å². The van der Waals surface area contributed by atoms with Crippen LogP contribution in [0.1, 0.15) is 12.6 Å². The third kappa shape index (κ3) is 4.40. The second kappa shape index (κ2) is 7.33. The van der Waals surface area contributed by atoms with Crippen molar-refractivity contribution >= 4 is 23.0 Å². The molecule has 7 heteroatoms.